The van der Waals surface area contributed by atoms with Crippen LogP contribution in [0.15, 0.2) is 18.7 Å². The van der Waals surface area contributed by atoms with Gasteiger partial charge in [-0.1, -0.05) is 13.8 Å². The predicted octanol–water partition coefficient (Wildman–Crippen LogP) is 4.69. The lowest BCUT2D eigenvalue weighted by molar-refractivity contribution is -0.164. The van der Waals surface area contributed by atoms with Gasteiger partial charge < -0.3 is 14.4 Å². The van der Waals surface area contributed by atoms with E-state index in [0.717, 1.165) is 31.1 Å². The number of rotatable bonds is 5. The second kappa shape index (κ2) is 7.98. The fourth-order valence-electron chi connectivity index (χ4n) is 8.94. The summed E-state index contributed by atoms with van der Waals surface area (Å²) in [6.07, 6.45) is 15.6. The van der Waals surface area contributed by atoms with Crippen molar-refractivity contribution in [2.24, 2.45) is 46.3 Å². The van der Waals surface area contributed by atoms with Gasteiger partial charge in [0.25, 0.3) is 0 Å². The Morgan fingerprint density at radius 2 is 1.90 bits per heavy atom. The van der Waals surface area contributed by atoms with Crippen LogP contribution in [0.5, 0.6) is 0 Å². The molecule has 0 aromatic carbocycles. The number of aromatic nitrogens is 2. The Kier molecular flexibility index (Phi) is 5.57. The summed E-state index contributed by atoms with van der Waals surface area (Å²) >= 11 is 0. The van der Waals surface area contributed by atoms with Gasteiger partial charge in [-0.3, -0.25) is 4.79 Å². The zero-order chi connectivity index (χ0) is 21.8. The minimum absolute atomic E-state index is 0.172. The Bertz CT molecular complexity index is 795. The molecule has 0 saturated heterocycles. The van der Waals surface area contributed by atoms with E-state index in [4.69, 9.17) is 4.74 Å². The maximum absolute atomic E-state index is 13.3. The van der Waals surface area contributed by atoms with Crippen LogP contribution in [0, 0.1) is 46.3 Å². The number of fused-ring (bicyclic) bond motifs is 5. The first-order chi connectivity index (χ1) is 14.9. The lowest BCUT2D eigenvalue weighted by Gasteiger charge is -2.61. The van der Waals surface area contributed by atoms with E-state index in [1.165, 1.54) is 38.5 Å². The molecule has 1 unspecified atom stereocenters. The van der Waals surface area contributed by atoms with Crippen LogP contribution in [0.2, 0.25) is 0 Å². The van der Waals surface area contributed by atoms with Gasteiger partial charge in [0.15, 0.2) is 12.1 Å². The standard InChI is InChI=1S/C26H40N2O3/c1-25-10-8-17(24(30)31-3)14-18(25)4-5-19-20-6-7-22(26(20,2)11-9-21(19)25)23(29)15-28-13-12-27-16-28/h12-13,16-22,24,30H,4-11,14-15H2,1-3H3/t17-,18-,19-,20-,21-,22+,24?,25-,26-/m0/s1. The summed E-state index contributed by atoms with van der Waals surface area (Å²) in [7, 11) is 1.63. The van der Waals surface area contributed by atoms with Crippen molar-refractivity contribution in [1.82, 2.24) is 9.55 Å². The molecule has 1 aromatic rings. The highest BCUT2D eigenvalue weighted by atomic mass is 16.6. The molecule has 4 saturated carbocycles. The average Bonchev–Trinajstić information content (AvgIpc) is 3.39. The Morgan fingerprint density at radius 1 is 1.13 bits per heavy atom. The van der Waals surface area contributed by atoms with E-state index < -0.39 is 6.29 Å². The van der Waals surface area contributed by atoms with Gasteiger partial charge >= 0.3 is 0 Å². The molecule has 0 spiro atoms. The molecule has 4 fully saturated rings. The van der Waals surface area contributed by atoms with Crippen LogP contribution < -0.4 is 0 Å². The van der Waals surface area contributed by atoms with E-state index in [1.807, 2.05) is 10.8 Å². The molecular formula is C26H40N2O3. The van der Waals surface area contributed by atoms with Crippen molar-refractivity contribution in [3.8, 4) is 0 Å². The fourth-order valence-corrected chi connectivity index (χ4v) is 8.94. The lowest BCUT2D eigenvalue weighted by atomic mass is 9.44. The highest BCUT2D eigenvalue weighted by Crippen LogP contribution is 2.68. The molecule has 1 aromatic heterocycles. The zero-order valence-corrected chi connectivity index (χ0v) is 19.5. The third-order valence-electron chi connectivity index (χ3n) is 10.6. The Labute approximate surface area is 187 Å². The molecule has 31 heavy (non-hydrogen) atoms. The molecule has 1 heterocycles. The number of carbonyl (C=O) groups is 1. The Morgan fingerprint density at radius 3 is 2.65 bits per heavy atom. The van der Waals surface area contributed by atoms with Crippen LogP contribution in [0.25, 0.3) is 0 Å². The lowest BCUT2D eigenvalue weighted by Crippen LogP contribution is -2.54. The van der Waals surface area contributed by atoms with Crippen LogP contribution in [0.3, 0.4) is 0 Å². The number of hydrogen-bond acceptors (Lipinski definition) is 4. The van der Waals surface area contributed by atoms with Gasteiger partial charge in [-0.25, -0.2) is 4.98 Å². The molecule has 1 N–H and O–H groups in total. The number of aliphatic hydroxyl groups is 1. The summed E-state index contributed by atoms with van der Waals surface area (Å²) in [5, 5.41) is 10.3. The summed E-state index contributed by atoms with van der Waals surface area (Å²) in [4.78, 5) is 17.4. The molecule has 0 amide bonds. The third kappa shape index (κ3) is 3.42. The Hall–Kier alpha value is -1.20. The average molecular weight is 429 g/mol. The highest BCUT2D eigenvalue weighted by molar-refractivity contribution is 5.82. The topological polar surface area (TPSA) is 64.3 Å². The monoisotopic (exact) mass is 428 g/mol. The van der Waals surface area contributed by atoms with Gasteiger partial charge in [0.2, 0.25) is 0 Å². The van der Waals surface area contributed by atoms with E-state index in [9.17, 15) is 9.90 Å². The van der Waals surface area contributed by atoms with E-state index in [0.29, 0.717) is 35.5 Å². The summed E-state index contributed by atoms with van der Waals surface area (Å²) in [5.41, 5.74) is 0.568. The molecule has 0 aliphatic heterocycles. The molecule has 4 aliphatic rings. The number of ether oxygens (including phenoxy) is 1. The fraction of sp³-hybridized carbons (Fsp3) is 0.846. The predicted molar refractivity (Wildman–Crippen MR) is 119 cm³/mol. The number of methoxy groups -OCH3 is 1. The van der Waals surface area contributed by atoms with Gasteiger partial charge in [-0.2, -0.15) is 0 Å². The third-order valence-corrected chi connectivity index (χ3v) is 10.6. The molecule has 5 heteroatoms. The highest BCUT2D eigenvalue weighted by Gasteiger charge is 2.61. The molecule has 9 atom stereocenters. The van der Waals surface area contributed by atoms with Crippen molar-refractivity contribution in [3.63, 3.8) is 0 Å². The molecule has 0 bridgehead atoms. The molecular weight excluding hydrogens is 388 g/mol. The van der Waals surface area contributed by atoms with Crippen molar-refractivity contribution < 1.29 is 14.6 Å². The number of imidazole rings is 1. The first-order valence-electron chi connectivity index (χ1n) is 12.6. The minimum atomic E-state index is -0.603. The minimum Gasteiger partial charge on any atom is -0.368 e. The van der Waals surface area contributed by atoms with E-state index in [-0.39, 0.29) is 11.3 Å². The van der Waals surface area contributed by atoms with Crippen LogP contribution in [-0.4, -0.2) is 33.8 Å². The maximum Gasteiger partial charge on any atom is 0.156 e. The number of nitrogens with zero attached hydrogens (tertiary/aromatic N) is 2. The van der Waals surface area contributed by atoms with Crippen molar-refractivity contribution in [1.29, 1.82) is 0 Å². The van der Waals surface area contributed by atoms with Crippen molar-refractivity contribution in [3.05, 3.63) is 18.7 Å². The first-order valence-corrected chi connectivity index (χ1v) is 12.6. The van der Waals surface area contributed by atoms with Crippen LogP contribution >= 0.6 is 0 Å². The van der Waals surface area contributed by atoms with E-state index in [1.54, 1.807) is 19.6 Å². The number of aliphatic hydroxyl groups excluding tert-OH is 1. The molecule has 5 nitrogen and oxygen atoms in total. The zero-order valence-electron chi connectivity index (χ0n) is 19.5. The van der Waals surface area contributed by atoms with Gasteiger partial charge in [-0.15, -0.1) is 0 Å². The van der Waals surface area contributed by atoms with Crippen LogP contribution in [0.4, 0.5) is 0 Å². The molecule has 172 valence electrons. The summed E-state index contributed by atoms with van der Waals surface area (Å²) < 4.78 is 7.20. The van der Waals surface area contributed by atoms with Gasteiger partial charge in [0.1, 0.15) is 0 Å². The van der Waals surface area contributed by atoms with E-state index in [2.05, 4.69) is 18.8 Å². The van der Waals surface area contributed by atoms with Crippen molar-refractivity contribution >= 4 is 5.78 Å². The second-order valence-electron chi connectivity index (χ2n) is 11.7. The number of carbonyl (C=O) groups excluding carboxylic acids is 1. The quantitative estimate of drug-likeness (QED) is 0.691. The van der Waals surface area contributed by atoms with Crippen LogP contribution in [-0.2, 0) is 16.1 Å². The Balaban J connectivity index is 1.32. The first kappa shape index (κ1) is 21.6. The SMILES string of the molecule is COC(O)[C@H]1CC[C@@]2(C)[C@@H](CC[C@@H]3[C@@H]2CC[C@]2(C)[C@@H](C(=O)Cn4ccnc4)CC[C@@H]32)C1. The van der Waals surface area contributed by atoms with Gasteiger partial charge in [-0.05, 0) is 92.3 Å². The van der Waals surface area contributed by atoms with Gasteiger partial charge in [0, 0.05) is 31.3 Å². The normalized spacial score (nSPS) is 45.4. The van der Waals surface area contributed by atoms with E-state index >= 15 is 0 Å². The molecule has 4 aliphatic carbocycles. The summed E-state index contributed by atoms with van der Waals surface area (Å²) in [6.45, 7) is 5.48. The van der Waals surface area contributed by atoms with Crippen molar-refractivity contribution in [2.45, 2.75) is 84.5 Å². The number of ketones is 1. The summed E-state index contributed by atoms with van der Waals surface area (Å²) in [5.74, 6) is 3.88. The smallest absolute Gasteiger partial charge is 0.156 e. The molecule has 5 rings (SSSR count). The van der Waals surface area contributed by atoms with Gasteiger partial charge in [0.05, 0.1) is 12.9 Å². The van der Waals surface area contributed by atoms with Crippen molar-refractivity contribution in [2.75, 3.05) is 7.11 Å². The largest absolute Gasteiger partial charge is 0.368 e. The number of Topliss-reactive ketones (excluding diaryl/α,β-unsaturated/α-hetero) is 1. The van der Waals surface area contributed by atoms with Crippen LogP contribution in [0.1, 0.15) is 71.6 Å². The maximum atomic E-state index is 13.3. The molecule has 0 radical (unpaired) electrons. The number of hydrogen-bond donors (Lipinski definition) is 1. The summed E-state index contributed by atoms with van der Waals surface area (Å²) in [6, 6.07) is 0. The second-order valence-corrected chi connectivity index (χ2v) is 11.7.